The molecule has 0 unspecified atom stereocenters. The van der Waals surface area contributed by atoms with Gasteiger partial charge in [0.1, 0.15) is 0 Å². The fraction of sp³-hybridized carbons (Fsp3) is 0.133. The van der Waals surface area contributed by atoms with Crippen molar-refractivity contribution in [1.82, 2.24) is 0 Å². The third-order valence-electron chi connectivity index (χ3n) is 2.91. The highest BCUT2D eigenvalue weighted by atomic mass is 15.1. The van der Waals surface area contributed by atoms with Crippen molar-refractivity contribution < 1.29 is 0 Å². The van der Waals surface area contributed by atoms with Gasteiger partial charge in [-0.2, -0.15) is 5.26 Å². The SMILES string of the molecule is Cc1cccc(N(C)c2cc(C#N)ccc2N)c1. The standard InChI is InChI=1S/C15H15N3/c1-11-4-3-5-13(8-11)18(2)15-9-12(10-16)6-7-14(15)17/h3-9H,17H2,1-2H3. The maximum atomic E-state index is 8.94. The quantitative estimate of drug-likeness (QED) is 0.816. The van der Waals surface area contributed by atoms with Crippen molar-refractivity contribution in [1.29, 1.82) is 5.26 Å². The molecule has 2 aromatic rings. The molecule has 0 aliphatic rings. The number of nitrogen functional groups attached to an aromatic ring is 1. The molecule has 90 valence electrons. The zero-order chi connectivity index (χ0) is 13.1. The van der Waals surface area contributed by atoms with Crippen LogP contribution in [-0.2, 0) is 0 Å². The van der Waals surface area contributed by atoms with Crippen molar-refractivity contribution in [3.63, 3.8) is 0 Å². The van der Waals surface area contributed by atoms with Gasteiger partial charge in [-0.3, -0.25) is 0 Å². The first-order valence-electron chi connectivity index (χ1n) is 5.72. The van der Waals surface area contributed by atoms with E-state index in [1.54, 1.807) is 18.2 Å². The van der Waals surface area contributed by atoms with Crippen LogP contribution in [0.1, 0.15) is 11.1 Å². The molecule has 0 aliphatic heterocycles. The average Bonchev–Trinajstić information content (AvgIpc) is 2.38. The molecule has 3 nitrogen and oxygen atoms in total. The third-order valence-corrected chi connectivity index (χ3v) is 2.91. The van der Waals surface area contributed by atoms with Crippen LogP contribution in [0, 0.1) is 18.3 Å². The van der Waals surface area contributed by atoms with E-state index in [4.69, 9.17) is 11.0 Å². The summed E-state index contributed by atoms with van der Waals surface area (Å²) in [4.78, 5) is 1.99. The molecule has 0 saturated carbocycles. The second kappa shape index (κ2) is 4.80. The van der Waals surface area contributed by atoms with Gasteiger partial charge in [-0.25, -0.2) is 0 Å². The Kier molecular flexibility index (Phi) is 3.20. The first-order chi connectivity index (χ1) is 8.61. The van der Waals surface area contributed by atoms with Crippen molar-refractivity contribution in [2.75, 3.05) is 17.7 Å². The normalized spacial score (nSPS) is 9.83. The molecule has 18 heavy (non-hydrogen) atoms. The lowest BCUT2D eigenvalue weighted by Crippen LogP contribution is -2.11. The Labute approximate surface area is 107 Å². The van der Waals surface area contributed by atoms with Crippen LogP contribution in [-0.4, -0.2) is 7.05 Å². The minimum atomic E-state index is 0.610. The Bertz CT molecular complexity index is 611. The summed E-state index contributed by atoms with van der Waals surface area (Å²) in [5.74, 6) is 0. The second-order valence-electron chi connectivity index (χ2n) is 4.28. The molecule has 3 heteroatoms. The predicted molar refractivity (Wildman–Crippen MR) is 74.8 cm³/mol. The van der Waals surface area contributed by atoms with Crippen LogP contribution in [0.3, 0.4) is 0 Å². The van der Waals surface area contributed by atoms with Crippen molar-refractivity contribution >= 4 is 17.1 Å². The van der Waals surface area contributed by atoms with Gasteiger partial charge < -0.3 is 10.6 Å². The summed E-state index contributed by atoms with van der Waals surface area (Å²) in [6.45, 7) is 2.05. The zero-order valence-electron chi connectivity index (χ0n) is 10.5. The summed E-state index contributed by atoms with van der Waals surface area (Å²) in [6, 6.07) is 15.6. The average molecular weight is 237 g/mol. The lowest BCUT2D eigenvalue weighted by atomic mass is 10.1. The van der Waals surface area contributed by atoms with Gasteiger partial charge in [0.25, 0.3) is 0 Å². The molecular formula is C15H15N3. The van der Waals surface area contributed by atoms with Crippen molar-refractivity contribution in [2.45, 2.75) is 6.92 Å². The summed E-state index contributed by atoms with van der Waals surface area (Å²) in [7, 11) is 1.95. The topological polar surface area (TPSA) is 53.0 Å². The Morgan fingerprint density at radius 1 is 1.17 bits per heavy atom. The fourth-order valence-electron chi connectivity index (χ4n) is 1.88. The number of hydrogen-bond acceptors (Lipinski definition) is 3. The number of rotatable bonds is 2. The molecule has 0 heterocycles. The van der Waals surface area contributed by atoms with Crippen LogP contribution in [0.2, 0.25) is 0 Å². The van der Waals surface area contributed by atoms with Gasteiger partial charge in [0.05, 0.1) is 23.0 Å². The zero-order valence-corrected chi connectivity index (χ0v) is 10.5. The second-order valence-corrected chi connectivity index (χ2v) is 4.28. The van der Waals surface area contributed by atoms with E-state index in [0.29, 0.717) is 11.3 Å². The minimum Gasteiger partial charge on any atom is -0.397 e. The molecule has 0 saturated heterocycles. The molecule has 0 radical (unpaired) electrons. The first-order valence-corrected chi connectivity index (χ1v) is 5.72. The highest BCUT2D eigenvalue weighted by molar-refractivity contribution is 5.75. The third kappa shape index (κ3) is 2.28. The highest BCUT2D eigenvalue weighted by Crippen LogP contribution is 2.30. The molecule has 0 spiro atoms. The van der Waals surface area contributed by atoms with E-state index < -0.39 is 0 Å². The summed E-state index contributed by atoms with van der Waals surface area (Å²) in [5.41, 5.74) is 10.3. The van der Waals surface area contributed by atoms with E-state index in [-0.39, 0.29) is 0 Å². The van der Waals surface area contributed by atoms with Gasteiger partial charge in [-0.1, -0.05) is 12.1 Å². The number of nitrogens with zero attached hydrogens (tertiary/aromatic N) is 2. The molecule has 0 aromatic heterocycles. The maximum Gasteiger partial charge on any atom is 0.0992 e. The van der Waals surface area contributed by atoms with Crippen molar-refractivity contribution in [2.24, 2.45) is 0 Å². The van der Waals surface area contributed by atoms with Crippen LogP contribution in [0.4, 0.5) is 17.1 Å². The van der Waals surface area contributed by atoms with Crippen LogP contribution in [0.5, 0.6) is 0 Å². The summed E-state index contributed by atoms with van der Waals surface area (Å²) in [6.07, 6.45) is 0. The summed E-state index contributed by atoms with van der Waals surface area (Å²) >= 11 is 0. The number of hydrogen-bond donors (Lipinski definition) is 1. The van der Waals surface area contributed by atoms with E-state index in [0.717, 1.165) is 11.4 Å². The summed E-state index contributed by atoms with van der Waals surface area (Å²) < 4.78 is 0. The monoisotopic (exact) mass is 237 g/mol. The molecule has 0 aliphatic carbocycles. The van der Waals surface area contributed by atoms with E-state index >= 15 is 0 Å². The molecule has 0 amide bonds. The molecule has 2 aromatic carbocycles. The molecule has 2 rings (SSSR count). The highest BCUT2D eigenvalue weighted by Gasteiger charge is 2.08. The number of nitriles is 1. The smallest absolute Gasteiger partial charge is 0.0992 e. The molecule has 0 fully saturated rings. The number of nitrogens with two attached hydrogens (primary N) is 1. The van der Waals surface area contributed by atoms with Gasteiger partial charge in [-0.15, -0.1) is 0 Å². The van der Waals surface area contributed by atoms with Crippen LogP contribution in [0.25, 0.3) is 0 Å². The molecule has 2 N–H and O–H groups in total. The van der Waals surface area contributed by atoms with Crippen molar-refractivity contribution in [3.8, 4) is 6.07 Å². The van der Waals surface area contributed by atoms with Gasteiger partial charge in [0.15, 0.2) is 0 Å². The number of aryl methyl sites for hydroxylation is 1. The minimum absolute atomic E-state index is 0.610. The fourth-order valence-corrected chi connectivity index (χ4v) is 1.88. The van der Waals surface area contributed by atoms with Gasteiger partial charge >= 0.3 is 0 Å². The maximum absolute atomic E-state index is 8.94. The largest absolute Gasteiger partial charge is 0.397 e. The number of benzene rings is 2. The van der Waals surface area contributed by atoms with Gasteiger partial charge in [-0.05, 0) is 42.8 Å². The van der Waals surface area contributed by atoms with Gasteiger partial charge in [0.2, 0.25) is 0 Å². The Morgan fingerprint density at radius 3 is 2.61 bits per heavy atom. The van der Waals surface area contributed by atoms with E-state index in [9.17, 15) is 0 Å². The molecule has 0 bridgehead atoms. The Hall–Kier alpha value is -2.47. The Balaban J connectivity index is 2.46. The van der Waals surface area contributed by atoms with E-state index in [2.05, 4.69) is 12.1 Å². The van der Waals surface area contributed by atoms with Gasteiger partial charge in [0, 0.05) is 12.7 Å². The lowest BCUT2D eigenvalue weighted by molar-refractivity contribution is 1.20. The predicted octanol–water partition coefficient (Wildman–Crippen LogP) is 3.22. The first kappa shape index (κ1) is 12.0. The summed E-state index contributed by atoms with van der Waals surface area (Å²) in [5, 5.41) is 8.94. The molecule has 0 atom stereocenters. The van der Waals surface area contributed by atoms with Crippen molar-refractivity contribution in [3.05, 3.63) is 53.6 Å². The van der Waals surface area contributed by atoms with E-state index in [1.807, 2.05) is 37.1 Å². The lowest BCUT2D eigenvalue weighted by Gasteiger charge is -2.21. The van der Waals surface area contributed by atoms with Crippen LogP contribution < -0.4 is 10.6 Å². The Morgan fingerprint density at radius 2 is 1.94 bits per heavy atom. The van der Waals surface area contributed by atoms with Crippen LogP contribution >= 0.6 is 0 Å². The van der Waals surface area contributed by atoms with Crippen LogP contribution in [0.15, 0.2) is 42.5 Å². The number of anilines is 3. The molecular weight excluding hydrogens is 222 g/mol. The van der Waals surface area contributed by atoms with E-state index in [1.165, 1.54) is 5.56 Å².